The number of amides is 1. The lowest BCUT2D eigenvalue weighted by Gasteiger charge is -2.25. The van der Waals surface area contributed by atoms with Crippen molar-refractivity contribution in [2.24, 2.45) is 0 Å². The van der Waals surface area contributed by atoms with E-state index in [1.54, 1.807) is 7.05 Å². The number of ether oxygens (including phenoxy) is 1. The summed E-state index contributed by atoms with van der Waals surface area (Å²) in [4.78, 5) is 13.6. The Labute approximate surface area is 123 Å². The average Bonchev–Trinajstić information content (AvgIpc) is 2.50. The first-order valence-corrected chi connectivity index (χ1v) is 6.85. The number of nitrogens with zero attached hydrogens (tertiary/aromatic N) is 2. The molecular formula is C15H18FN3O2. The highest BCUT2D eigenvalue weighted by Gasteiger charge is 2.20. The average molecular weight is 291 g/mol. The van der Waals surface area contributed by atoms with Gasteiger partial charge in [-0.05, 0) is 18.2 Å². The highest BCUT2D eigenvalue weighted by atomic mass is 19.1. The second kappa shape index (κ2) is 7.16. The molecule has 1 fully saturated rings. The van der Waals surface area contributed by atoms with Gasteiger partial charge in [-0.2, -0.15) is 5.26 Å². The van der Waals surface area contributed by atoms with Crippen LogP contribution in [0.15, 0.2) is 18.2 Å². The molecule has 1 atom stereocenters. The molecular weight excluding hydrogens is 273 g/mol. The van der Waals surface area contributed by atoms with E-state index in [2.05, 4.69) is 5.32 Å². The van der Waals surface area contributed by atoms with Gasteiger partial charge in [-0.1, -0.05) is 0 Å². The van der Waals surface area contributed by atoms with Gasteiger partial charge in [0.05, 0.1) is 30.8 Å². The SMILES string of the molecule is CN(Cc1cc(C#N)ccc1F)C(=O)CC1CNCCO1. The minimum Gasteiger partial charge on any atom is -0.375 e. The van der Waals surface area contributed by atoms with Crippen molar-refractivity contribution in [3.63, 3.8) is 0 Å². The van der Waals surface area contributed by atoms with Crippen molar-refractivity contribution in [1.82, 2.24) is 10.2 Å². The zero-order valence-electron chi connectivity index (χ0n) is 11.9. The molecule has 0 radical (unpaired) electrons. The van der Waals surface area contributed by atoms with E-state index in [0.29, 0.717) is 24.3 Å². The summed E-state index contributed by atoms with van der Waals surface area (Å²) in [6.45, 7) is 2.19. The second-order valence-electron chi connectivity index (χ2n) is 5.07. The van der Waals surface area contributed by atoms with Crippen LogP contribution in [0.4, 0.5) is 4.39 Å². The van der Waals surface area contributed by atoms with Crippen LogP contribution in [0, 0.1) is 17.1 Å². The fourth-order valence-corrected chi connectivity index (χ4v) is 2.21. The van der Waals surface area contributed by atoms with Crippen LogP contribution in [-0.4, -0.2) is 43.7 Å². The Kier molecular flexibility index (Phi) is 5.26. The summed E-state index contributed by atoms with van der Waals surface area (Å²) in [7, 11) is 1.62. The van der Waals surface area contributed by atoms with Crippen LogP contribution in [-0.2, 0) is 16.1 Å². The van der Waals surface area contributed by atoms with Gasteiger partial charge < -0.3 is 15.0 Å². The Hall–Kier alpha value is -1.97. The number of hydrogen-bond acceptors (Lipinski definition) is 4. The van der Waals surface area contributed by atoms with E-state index in [-0.39, 0.29) is 25.0 Å². The molecule has 1 unspecified atom stereocenters. The van der Waals surface area contributed by atoms with Crippen molar-refractivity contribution in [1.29, 1.82) is 5.26 Å². The third-order valence-corrected chi connectivity index (χ3v) is 3.41. The molecule has 0 spiro atoms. The van der Waals surface area contributed by atoms with Crippen LogP contribution in [0.3, 0.4) is 0 Å². The van der Waals surface area contributed by atoms with E-state index >= 15 is 0 Å². The van der Waals surface area contributed by atoms with E-state index in [4.69, 9.17) is 10.00 Å². The summed E-state index contributed by atoms with van der Waals surface area (Å²) in [5.41, 5.74) is 0.722. The first-order valence-electron chi connectivity index (χ1n) is 6.85. The Bertz CT molecular complexity index is 550. The molecule has 0 bridgehead atoms. The van der Waals surface area contributed by atoms with Gasteiger partial charge in [-0.15, -0.1) is 0 Å². The van der Waals surface area contributed by atoms with Crippen molar-refractivity contribution < 1.29 is 13.9 Å². The number of nitrogens with one attached hydrogen (secondary N) is 1. The fourth-order valence-electron chi connectivity index (χ4n) is 2.21. The molecule has 112 valence electrons. The molecule has 21 heavy (non-hydrogen) atoms. The molecule has 1 aliphatic heterocycles. The molecule has 1 saturated heterocycles. The fraction of sp³-hybridized carbons (Fsp3) is 0.467. The molecule has 1 N–H and O–H groups in total. The van der Waals surface area contributed by atoms with E-state index in [0.717, 1.165) is 6.54 Å². The third-order valence-electron chi connectivity index (χ3n) is 3.41. The van der Waals surface area contributed by atoms with Crippen LogP contribution >= 0.6 is 0 Å². The first kappa shape index (κ1) is 15.4. The molecule has 0 aromatic heterocycles. The second-order valence-corrected chi connectivity index (χ2v) is 5.07. The monoisotopic (exact) mass is 291 g/mol. The zero-order valence-corrected chi connectivity index (χ0v) is 11.9. The van der Waals surface area contributed by atoms with Gasteiger partial charge in [-0.3, -0.25) is 4.79 Å². The lowest BCUT2D eigenvalue weighted by atomic mass is 10.1. The molecule has 6 heteroatoms. The summed E-state index contributed by atoms with van der Waals surface area (Å²) in [6, 6.07) is 6.10. The van der Waals surface area contributed by atoms with Crippen molar-refractivity contribution in [2.45, 2.75) is 19.1 Å². The number of morpholine rings is 1. The van der Waals surface area contributed by atoms with Gasteiger partial charge in [0.15, 0.2) is 0 Å². The quantitative estimate of drug-likeness (QED) is 0.900. The summed E-state index contributed by atoms with van der Waals surface area (Å²) < 4.78 is 19.2. The summed E-state index contributed by atoms with van der Waals surface area (Å²) in [5, 5.41) is 12.0. The van der Waals surface area contributed by atoms with E-state index < -0.39 is 5.82 Å². The lowest BCUT2D eigenvalue weighted by molar-refractivity contribution is -0.134. The Balaban J connectivity index is 1.95. The highest BCUT2D eigenvalue weighted by molar-refractivity contribution is 5.76. The molecule has 2 rings (SSSR count). The van der Waals surface area contributed by atoms with Gasteiger partial charge in [0.25, 0.3) is 0 Å². The van der Waals surface area contributed by atoms with Crippen LogP contribution in [0.25, 0.3) is 0 Å². The number of benzene rings is 1. The number of hydrogen-bond donors (Lipinski definition) is 1. The normalized spacial score (nSPS) is 18.0. The summed E-state index contributed by atoms with van der Waals surface area (Å²) in [5.74, 6) is -0.519. The lowest BCUT2D eigenvalue weighted by Crippen LogP contribution is -2.41. The van der Waals surface area contributed by atoms with Gasteiger partial charge in [0, 0.05) is 32.2 Å². The largest absolute Gasteiger partial charge is 0.375 e. The Morgan fingerprint density at radius 3 is 3.10 bits per heavy atom. The molecule has 1 aliphatic rings. The molecule has 1 heterocycles. The number of halogens is 1. The molecule has 1 aromatic carbocycles. The highest BCUT2D eigenvalue weighted by Crippen LogP contribution is 2.13. The maximum Gasteiger partial charge on any atom is 0.225 e. The number of carbonyl (C=O) groups is 1. The molecule has 5 nitrogen and oxygen atoms in total. The maximum absolute atomic E-state index is 13.7. The Morgan fingerprint density at radius 1 is 1.62 bits per heavy atom. The zero-order chi connectivity index (χ0) is 15.2. The molecule has 1 amide bonds. The smallest absolute Gasteiger partial charge is 0.225 e. The van der Waals surface area contributed by atoms with Crippen molar-refractivity contribution in [3.8, 4) is 6.07 Å². The molecule has 0 saturated carbocycles. The number of rotatable bonds is 4. The van der Waals surface area contributed by atoms with E-state index in [1.807, 2.05) is 6.07 Å². The predicted octanol–water partition coefficient (Wildman–Crippen LogP) is 1.03. The predicted molar refractivity (Wildman–Crippen MR) is 74.8 cm³/mol. The van der Waals surface area contributed by atoms with Gasteiger partial charge in [-0.25, -0.2) is 4.39 Å². The third kappa shape index (κ3) is 4.25. The standard InChI is InChI=1S/C15H18FN3O2/c1-19(15(20)7-13-9-18-4-5-21-13)10-12-6-11(8-17)2-3-14(12)16/h2-3,6,13,18H,4-5,7,9-10H2,1H3. The first-order chi connectivity index (χ1) is 10.1. The maximum atomic E-state index is 13.7. The van der Waals surface area contributed by atoms with Crippen LogP contribution < -0.4 is 5.32 Å². The van der Waals surface area contributed by atoms with Crippen molar-refractivity contribution in [2.75, 3.05) is 26.7 Å². The van der Waals surface area contributed by atoms with Crippen LogP contribution in [0.1, 0.15) is 17.5 Å². The van der Waals surface area contributed by atoms with Crippen molar-refractivity contribution in [3.05, 3.63) is 35.1 Å². The molecule has 1 aromatic rings. The summed E-state index contributed by atoms with van der Waals surface area (Å²) >= 11 is 0. The van der Waals surface area contributed by atoms with E-state index in [9.17, 15) is 9.18 Å². The van der Waals surface area contributed by atoms with E-state index in [1.165, 1.54) is 23.1 Å². The number of carbonyl (C=O) groups excluding carboxylic acids is 1. The number of nitriles is 1. The molecule has 0 aliphatic carbocycles. The minimum atomic E-state index is -0.413. The van der Waals surface area contributed by atoms with Crippen LogP contribution in [0.5, 0.6) is 0 Å². The van der Waals surface area contributed by atoms with Crippen LogP contribution in [0.2, 0.25) is 0 Å². The van der Waals surface area contributed by atoms with Gasteiger partial charge in [0.1, 0.15) is 5.82 Å². The Morgan fingerprint density at radius 2 is 2.43 bits per heavy atom. The van der Waals surface area contributed by atoms with Crippen molar-refractivity contribution >= 4 is 5.91 Å². The topological polar surface area (TPSA) is 65.4 Å². The van der Waals surface area contributed by atoms with Gasteiger partial charge in [0.2, 0.25) is 5.91 Å². The summed E-state index contributed by atoms with van der Waals surface area (Å²) in [6.07, 6.45) is 0.132. The minimum absolute atomic E-state index is 0.106. The van der Waals surface area contributed by atoms with Gasteiger partial charge >= 0.3 is 0 Å².